The fourth-order valence-electron chi connectivity index (χ4n) is 2.96. The van der Waals surface area contributed by atoms with Gasteiger partial charge in [0.05, 0.1) is 31.2 Å². The van der Waals surface area contributed by atoms with E-state index in [1.807, 2.05) is 0 Å². The lowest BCUT2D eigenvalue weighted by molar-refractivity contribution is 0.0955. The van der Waals surface area contributed by atoms with E-state index in [1.54, 1.807) is 55.5 Å². The van der Waals surface area contributed by atoms with Crippen LogP contribution in [0.1, 0.15) is 33.2 Å². The smallest absolute Gasteiger partial charge is 0.273 e. The summed E-state index contributed by atoms with van der Waals surface area (Å²) in [6.07, 6.45) is 0. The van der Waals surface area contributed by atoms with Crippen LogP contribution in [0.3, 0.4) is 0 Å². The zero-order chi connectivity index (χ0) is 24.0. The fraction of sp³-hybridized carbons (Fsp3) is 0.125. The molecule has 0 fully saturated rings. The summed E-state index contributed by atoms with van der Waals surface area (Å²) in [5, 5.41) is 6.79. The Morgan fingerprint density at radius 1 is 0.909 bits per heavy atom. The van der Waals surface area contributed by atoms with Crippen molar-refractivity contribution in [2.45, 2.75) is 6.92 Å². The molecule has 3 rings (SSSR count). The Kier molecular flexibility index (Phi) is 7.78. The minimum Gasteiger partial charge on any atom is -0.493 e. The lowest BCUT2D eigenvalue weighted by Crippen LogP contribution is -2.22. The van der Waals surface area contributed by atoms with Crippen molar-refractivity contribution >= 4 is 39.1 Å². The first-order valence-electron chi connectivity index (χ1n) is 9.76. The normalized spacial score (nSPS) is 11.0. The van der Waals surface area contributed by atoms with E-state index in [-0.39, 0.29) is 11.3 Å². The number of hydrogen-bond acceptors (Lipinski definition) is 5. The topological polar surface area (TPSA) is 89.0 Å². The molecule has 0 heterocycles. The third-order valence-corrected chi connectivity index (χ3v) is 5.18. The molecule has 0 aliphatic carbocycles. The second-order valence-electron chi connectivity index (χ2n) is 6.86. The van der Waals surface area contributed by atoms with Crippen LogP contribution in [-0.4, -0.2) is 31.7 Å². The van der Waals surface area contributed by atoms with E-state index in [2.05, 4.69) is 31.8 Å². The fourth-order valence-corrected chi connectivity index (χ4v) is 3.32. The summed E-state index contributed by atoms with van der Waals surface area (Å²) in [4.78, 5) is 25.6. The van der Waals surface area contributed by atoms with E-state index in [0.29, 0.717) is 32.8 Å². The maximum absolute atomic E-state index is 13.4. The molecule has 0 bridgehead atoms. The minimum atomic E-state index is -0.547. The van der Waals surface area contributed by atoms with Crippen LogP contribution in [0, 0.1) is 5.82 Å². The van der Waals surface area contributed by atoms with Gasteiger partial charge >= 0.3 is 0 Å². The quantitative estimate of drug-likeness (QED) is 0.343. The van der Waals surface area contributed by atoms with Crippen LogP contribution in [-0.2, 0) is 0 Å². The Morgan fingerprint density at radius 3 is 2.36 bits per heavy atom. The number of hydrazone groups is 1. The zero-order valence-corrected chi connectivity index (χ0v) is 19.7. The van der Waals surface area contributed by atoms with Crippen LogP contribution in [0.4, 0.5) is 10.1 Å². The van der Waals surface area contributed by atoms with Gasteiger partial charge in [-0.05, 0) is 55.5 Å². The van der Waals surface area contributed by atoms with Gasteiger partial charge in [0.2, 0.25) is 0 Å². The zero-order valence-electron chi connectivity index (χ0n) is 18.1. The SMILES string of the molecule is COc1ccc(C(=O)Nc2ccc(Br)cc2C(=O)NN=C(C)c2cccc(F)c2)cc1OC. The predicted octanol–water partition coefficient (Wildman–Crippen LogP) is 5.01. The molecule has 7 nitrogen and oxygen atoms in total. The summed E-state index contributed by atoms with van der Waals surface area (Å²) >= 11 is 3.33. The van der Waals surface area contributed by atoms with Gasteiger partial charge in [0.1, 0.15) is 5.82 Å². The average molecular weight is 514 g/mol. The Balaban J connectivity index is 1.82. The van der Waals surface area contributed by atoms with Crippen molar-refractivity contribution in [3.63, 3.8) is 0 Å². The average Bonchev–Trinajstić information content (AvgIpc) is 2.82. The lowest BCUT2D eigenvalue weighted by atomic mass is 10.1. The number of carbonyl (C=O) groups is 2. The first kappa shape index (κ1) is 23.9. The Bertz CT molecular complexity index is 1230. The highest BCUT2D eigenvalue weighted by atomic mass is 79.9. The van der Waals surface area contributed by atoms with Crippen LogP contribution < -0.4 is 20.2 Å². The second-order valence-corrected chi connectivity index (χ2v) is 7.78. The number of amides is 2. The summed E-state index contributed by atoms with van der Waals surface area (Å²) in [5.41, 5.74) is 4.20. The van der Waals surface area contributed by atoms with Crippen molar-refractivity contribution in [1.29, 1.82) is 0 Å². The molecule has 3 aromatic carbocycles. The molecule has 2 N–H and O–H groups in total. The van der Waals surface area contributed by atoms with Gasteiger partial charge in [0, 0.05) is 15.6 Å². The highest BCUT2D eigenvalue weighted by molar-refractivity contribution is 9.10. The summed E-state index contributed by atoms with van der Waals surface area (Å²) in [6, 6.07) is 15.5. The maximum Gasteiger partial charge on any atom is 0.273 e. The van der Waals surface area contributed by atoms with Gasteiger partial charge in [-0.2, -0.15) is 5.10 Å². The molecule has 3 aromatic rings. The predicted molar refractivity (Wildman–Crippen MR) is 128 cm³/mol. The number of hydrogen-bond donors (Lipinski definition) is 2. The molecule has 2 amide bonds. The van der Waals surface area contributed by atoms with Gasteiger partial charge in [0.25, 0.3) is 11.8 Å². The number of halogens is 2. The van der Waals surface area contributed by atoms with Gasteiger partial charge in [-0.1, -0.05) is 28.1 Å². The van der Waals surface area contributed by atoms with Crippen molar-refractivity contribution in [3.8, 4) is 11.5 Å². The largest absolute Gasteiger partial charge is 0.493 e. The number of carbonyl (C=O) groups excluding carboxylic acids is 2. The Labute approximate surface area is 198 Å². The van der Waals surface area contributed by atoms with Gasteiger partial charge < -0.3 is 14.8 Å². The van der Waals surface area contributed by atoms with Crippen LogP contribution in [0.5, 0.6) is 11.5 Å². The number of anilines is 1. The molecule has 170 valence electrons. The van der Waals surface area contributed by atoms with Crippen LogP contribution in [0.25, 0.3) is 0 Å². The molecule has 0 aliphatic heterocycles. The Hall–Kier alpha value is -3.72. The number of benzene rings is 3. The minimum absolute atomic E-state index is 0.189. The maximum atomic E-state index is 13.4. The molecule has 0 radical (unpaired) electrons. The number of methoxy groups -OCH3 is 2. The summed E-state index contributed by atoms with van der Waals surface area (Å²) < 4.78 is 24.5. The number of nitrogens with zero attached hydrogens (tertiary/aromatic N) is 1. The van der Waals surface area contributed by atoms with Crippen LogP contribution >= 0.6 is 15.9 Å². The highest BCUT2D eigenvalue weighted by Gasteiger charge is 2.17. The molecular formula is C24H21BrFN3O4. The van der Waals surface area contributed by atoms with Crippen molar-refractivity contribution < 1.29 is 23.5 Å². The standard InChI is InChI=1S/C24H21BrFN3O4/c1-14(15-5-4-6-18(26)11-15)28-29-24(31)19-13-17(25)8-9-20(19)27-23(30)16-7-10-21(32-2)22(12-16)33-3/h4-13H,1-3H3,(H,27,30)(H,29,31). The third kappa shape index (κ3) is 5.95. The molecule has 0 atom stereocenters. The van der Waals surface area contributed by atoms with E-state index >= 15 is 0 Å². The highest BCUT2D eigenvalue weighted by Crippen LogP contribution is 2.28. The van der Waals surface area contributed by atoms with Gasteiger partial charge in [-0.25, -0.2) is 9.82 Å². The van der Waals surface area contributed by atoms with E-state index in [0.717, 1.165) is 0 Å². The van der Waals surface area contributed by atoms with Crippen molar-refractivity contribution in [2.75, 3.05) is 19.5 Å². The van der Waals surface area contributed by atoms with E-state index < -0.39 is 17.6 Å². The monoisotopic (exact) mass is 513 g/mol. The Morgan fingerprint density at radius 2 is 1.67 bits per heavy atom. The van der Waals surface area contributed by atoms with Crippen molar-refractivity contribution in [1.82, 2.24) is 5.43 Å². The van der Waals surface area contributed by atoms with Crippen molar-refractivity contribution in [2.24, 2.45) is 5.10 Å². The number of rotatable bonds is 7. The molecule has 0 spiro atoms. The second kappa shape index (κ2) is 10.7. The first-order chi connectivity index (χ1) is 15.8. The molecule has 0 saturated heterocycles. The van der Waals surface area contributed by atoms with Crippen molar-refractivity contribution in [3.05, 3.63) is 87.6 Å². The summed E-state index contributed by atoms with van der Waals surface area (Å²) in [6.45, 7) is 1.65. The first-order valence-corrected chi connectivity index (χ1v) is 10.5. The third-order valence-electron chi connectivity index (χ3n) is 4.69. The van der Waals surface area contributed by atoms with E-state index in [1.165, 1.54) is 26.4 Å². The molecule has 9 heteroatoms. The summed E-state index contributed by atoms with van der Waals surface area (Å²) in [7, 11) is 2.98. The molecule has 0 unspecified atom stereocenters. The number of ether oxygens (including phenoxy) is 2. The molecule has 0 aliphatic rings. The summed E-state index contributed by atoms with van der Waals surface area (Å²) in [5.74, 6) is -0.493. The van der Waals surface area contributed by atoms with Crippen LogP contribution in [0.15, 0.2) is 70.2 Å². The van der Waals surface area contributed by atoms with Gasteiger partial charge in [-0.3, -0.25) is 9.59 Å². The lowest BCUT2D eigenvalue weighted by Gasteiger charge is -2.13. The molecule has 0 aromatic heterocycles. The molecule has 0 saturated carbocycles. The van der Waals surface area contributed by atoms with E-state index in [4.69, 9.17) is 9.47 Å². The van der Waals surface area contributed by atoms with Gasteiger partial charge in [0.15, 0.2) is 11.5 Å². The van der Waals surface area contributed by atoms with E-state index in [9.17, 15) is 14.0 Å². The number of nitrogens with one attached hydrogen (secondary N) is 2. The molecule has 33 heavy (non-hydrogen) atoms. The molecular weight excluding hydrogens is 493 g/mol. The van der Waals surface area contributed by atoms with Crippen LogP contribution in [0.2, 0.25) is 0 Å². The van der Waals surface area contributed by atoms with Gasteiger partial charge in [-0.15, -0.1) is 0 Å².